The van der Waals surface area contributed by atoms with Crippen LogP contribution in [0.4, 0.5) is 5.13 Å². The lowest BCUT2D eigenvalue weighted by Crippen LogP contribution is -2.41. The zero-order valence-electron chi connectivity index (χ0n) is 19.2. The molecule has 178 valence electrons. The molecule has 1 heterocycles. The number of halogens is 1. The molecule has 3 aromatic rings. The zero-order chi connectivity index (χ0) is 24.2. The second-order valence-electron chi connectivity index (χ2n) is 7.52. The summed E-state index contributed by atoms with van der Waals surface area (Å²) in [6, 6.07) is 9.70. The van der Waals surface area contributed by atoms with Gasteiger partial charge in [-0.1, -0.05) is 36.8 Å². The highest BCUT2D eigenvalue weighted by atomic mass is 35.5. The van der Waals surface area contributed by atoms with Crippen molar-refractivity contribution < 1.29 is 17.9 Å². The monoisotopic (exact) mass is 509 g/mol. The number of likely N-dealkylation sites (N-methyl/N-ethyl adjacent to an activating group) is 1. The summed E-state index contributed by atoms with van der Waals surface area (Å²) in [6.07, 6.45) is 0. The summed E-state index contributed by atoms with van der Waals surface area (Å²) in [5, 5.41) is 1.07. The van der Waals surface area contributed by atoms with Gasteiger partial charge in [0.05, 0.1) is 22.2 Å². The van der Waals surface area contributed by atoms with E-state index in [-0.39, 0.29) is 4.90 Å². The molecule has 3 rings (SSSR count). The minimum atomic E-state index is -3.84. The molecule has 0 unspecified atom stereocenters. The predicted molar refractivity (Wildman–Crippen MR) is 135 cm³/mol. The Labute approximate surface area is 203 Å². The number of ether oxygens (including phenoxy) is 1. The average Bonchev–Trinajstić information content (AvgIpc) is 3.23. The first kappa shape index (κ1) is 25.4. The third-order valence-electron chi connectivity index (χ3n) is 5.53. The highest BCUT2D eigenvalue weighted by molar-refractivity contribution is 7.92. The summed E-state index contributed by atoms with van der Waals surface area (Å²) in [7, 11) is -2.33. The van der Waals surface area contributed by atoms with Gasteiger partial charge in [-0.3, -0.25) is 9.69 Å². The van der Waals surface area contributed by atoms with Gasteiger partial charge in [-0.2, -0.15) is 0 Å². The number of amides is 1. The largest absolute Gasteiger partial charge is 0.497 e. The quantitative estimate of drug-likeness (QED) is 0.402. The van der Waals surface area contributed by atoms with Crippen LogP contribution in [0.15, 0.2) is 41.3 Å². The van der Waals surface area contributed by atoms with Gasteiger partial charge < -0.3 is 9.64 Å². The standard InChI is InChI=1S/C23H28ClN3O4S2/c1-5-26(6-2)13-14-27(23-25-22-16(3)19(24)11-12-20(22)32-23)21(28)15-33(29,30)18-9-7-17(31-4)8-10-18/h7-12H,5-6,13-15H2,1-4H3. The molecule has 0 atom stereocenters. The van der Waals surface area contributed by atoms with Gasteiger partial charge in [-0.05, 0) is 62.0 Å². The molecular formula is C23H28ClN3O4S2. The van der Waals surface area contributed by atoms with E-state index < -0.39 is 21.5 Å². The fourth-order valence-corrected chi connectivity index (χ4v) is 5.84. The number of sulfone groups is 1. The summed E-state index contributed by atoms with van der Waals surface area (Å²) in [4.78, 5) is 21.7. The normalized spacial score (nSPS) is 11.8. The Morgan fingerprint density at radius 2 is 1.76 bits per heavy atom. The van der Waals surface area contributed by atoms with E-state index in [1.807, 2.05) is 26.8 Å². The van der Waals surface area contributed by atoms with E-state index >= 15 is 0 Å². The molecule has 1 amide bonds. The van der Waals surface area contributed by atoms with E-state index in [1.54, 1.807) is 18.2 Å². The molecule has 0 aliphatic rings. The lowest BCUT2D eigenvalue weighted by molar-refractivity contribution is -0.116. The lowest BCUT2D eigenvalue weighted by Gasteiger charge is -2.24. The number of thiazole rings is 1. The second-order valence-corrected chi connectivity index (χ2v) is 10.9. The van der Waals surface area contributed by atoms with E-state index in [1.165, 1.54) is 35.5 Å². The third kappa shape index (κ3) is 5.84. The number of rotatable bonds is 10. The lowest BCUT2D eigenvalue weighted by atomic mass is 10.2. The van der Waals surface area contributed by atoms with Gasteiger partial charge in [0.1, 0.15) is 11.5 Å². The van der Waals surface area contributed by atoms with Crippen LogP contribution < -0.4 is 9.64 Å². The number of anilines is 1. The van der Waals surface area contributed by atoms with E-state index in [0.717, 1.165) is 28.9 Å². The first-order valence-electron chi connectivity index (χ1n) is 10.6. The molecular weight excluding hydrogens is 482 g/mol. The average molecular weight is 510 g/mol. The molecule has 0 N–H and O–H groups in total. The molecule has 0 bridgehead atoms. The number of carbonyl (C=O) groups excluding carboxylic acids is 1. The highest BCUT2D eigenvalue weighted by Gasteiger charge is 2.27. The number of hydrogen-bond acceptors (Lipinski definition) is 7. The van der Waals surface area contributed by atoms with Crippen LogP contribution in [-0.4, -0.2) is 63.3 Å². The molecule has 10 heteroatoms. The van der Waals surface area contributed by atoms with Crippen molar-refractivity contribution in [2.24, 2.45) is 0 Å². The van der Waals surface area contributed by atoms with Crippen molar-refractivity contribution >= 4 is 54.0 Å². The molecule has 33 heavy (non-hydrogen) atoms. The molecule has 0 aliphatic heterocycles. The van der Waals surface area contributed by atoms with Crippen LogP contribution in [0.25, 0.3) is 10.2 Å². The first-order valence-corrected chi connectivity index (χ1v) is 13.5. The van der Waals surface area contributed by atoms with Crippen LogP contribution in [0.1, 0.15) is 19.4 Å². The van der Waals surface area contributed by atoms with E-state index in [9.17, 15) is 13.2 Å². The molecule has 0 saturated carbocycles. The van der Waals surface area contributed by atoms with Gasteiger partial charge in [0, 0.05) is 18.1 Å². The minimum Gasteiger partial charge on any atom is -0.497 e. The number of aryl methyl sites for hydroxylation is 1. The summed E-state index contributed by atoms with van der Waals surface area (Å²) >= 11 is 7.60. The van der Waals surface area contributed by atoms with Gasteiger partial charge in [0.2, 0.25) is 5.91 Å². The second kappa shape index (κ2) is 10.8. The van der Waals surface area contributed by atoms with Crippen LogP contribution in [0.2, 0.25) is 5.02 Å². The molecule has 0 radical (unpaired) electrons. The molecule has 1 aromatic heterocycles. The van der Waals surface area contributed by atoms with Crippen molar-refractivity contribution in [3.63, 3.8) is 0 Å². The van der Waals surface area contributed by atoms with Gasteiger partial charge >= 0.3 is 0 Å². The topological polar surface area (TPSA) is 79.8 Å². The van der Waals surface area contributed by atoms with E-state index in [2.05, 4.69) is 9.88 Å². The molecule has 2 aromatic carbocycles. The van der Waals surface area contributed by atoms with Crippen molar-refractivity contribution in [3.05, 3.63) is 47.0 Å². The molecule has 0 spiro atoms. The Morgan fingerprint density at radius 3 is 2.36 bits per heavy atom. The Bertz CT molecular complexity index is 1220. The van der Waals surface area contributed by atoms with Crippen LogP contribution in [-0.2, 0) is 14.6 Å². The maximum atomic E-state index is 13.3. The number of benzene rings is 2. The summed E-state index contributed by atoms with van der Waals surface area (Å²) in [5.74, 6) is -0.613. The maximum Gasteiger partial charge on any atom is 0.244 e. The Morgan fingerprint density at radius 1 is 1.09 bits per heavy atom. The number of carbonyl (C=O) groups is 1. The maximum absolute atomic E-state index is 13.3. The van der Waals surface area contributed by atoms with Crippen LogP contribution in [0, 0.1) is 6.92 Å². The van der Waals surface area contributed by atoms with Gasteiger partial charge in [-0.25, -0.2) is 13.4 Å². The summed E-state index contributed by atoms with van der Waals surface area (Å²) < 4.78 is 31.9. The summed E-state index contributed by atoms with van der Waals surface area (Å²) in [5.41, 5.74) is 1.56. The van der Waals surface area contributed by atoms with Crippen LogP contribution in [0.5, 0.6) is 5.75 Å². The Hall–Kier alpha value is -2.20. The van der Waals surface area contributed by atoms with Crippen molar-refractivity contribution in [1.82, 2.24) is 9.88 Å². The third-order valence-corrected chi connectivity index (χ3v) is 8.61. The van der Waals surface area contributed by atoms with E-state index in [0.29, 0.717) is 29.0 Å². The Kier molecular flexibility index (Phi) is 8.33. The summed E-state index contributed by atoms with van der Waals surface area (Å²) in [6.45, 7) is 8.58. The predicted octanol–water partition coefficient (Wildman–Crippen LogP) is 4.42. The van der Waals surface area contributed by atoms with Gasteiger partial charge in [-0.15, -0.1) is 0 Å². The molecule has 0 fully saturated rings. The number of nitrogens with zero attached hydrogens (tertiary/aromatic N) is 3. The SMILES string of the molecule is CCN(CC)CCN(C(=O)CS(=O)(=O)c1ccc(OC)cc1)c1nc2c(C)c(Cl)ccc2s1. The number of fused-ring (bicyclic) bond motifs is 1. The van der Waals surface area contributed by atoms with Gasteiger partial charge in [0.15, 0.2) is 15.0 Å². The van der Waals surface area contributed by atoms with Gasteiger partial charge in [0.25, 0.3) is 0 Å². The number of hydrogen-bond donors (Lipinski definition) is 0. The smallest absolute Gasteiger partial charge is 0.244 e. The fourth-order valence-electron chi connectivity index (χ4n) is 3.42. The molecule has 7 nitrogen and oxygen atoms in total. The van der Waals surface area contributed by atoms with Crippen molar-refractivity contribution in [2.75, 3.05) is 43.9 Å². The highest BCUT2D eigenvalue weighted by Crippen LogP contribution is 2.34. The van der Waals surface area contributed by atoms with Crippen LogP contribution >= 0.6 is 22.9 Å². The van der Waals surface area contributed by atoms with Crippen molar-refractivity contribution in [2.45, 2.75) is 25.7 Å². The fraction of sp³-hybridized carbons (Fsp3) is 0.391. The number of aromatic nitrogens is 1. The van der Waals surface area contributed by atoms with Crippen molar-refractivity contribution in [3.8, 4) is 5.75 Å². The van der Waals surface area contributed by atoms with E-state index in [4.69, 9.17) is 16.3 Å². The zero-order valence-corrected chi connectivity index (χ0v) is 21.6. The molecule has 0 aliphatic carbocycles. The number of methoxy groups -OCH3 is 1. The van der Waals surface area contributed by atoms with Crippen LogP contribution in [0.3, 0.4) is 0 Å². The first-order chi connectivity index (χ1) is 15.7. The molecule has 0 saturated heterocycles. The minimum absolute atomic E-state index is 0.0762. The van der Waals surface area contributed by atoms with Crippen molar-refractivity contribution in [1.29, 1.82) is 0 Å². The Balaban J connectivity index is 1.93.